The number of nitrogens with one attached hydrogen (secondary N) is 1. The van der Waals surface area contributed by atoms with Crippen LogP contribution >= 0.6 is 11.8 Å². The number of benzene rings is 1. The lowest BCUT2D eigenvalue weighted by Gasteiger charge is -2.31. The van der Waals surface area contributed by atoms with Crippen LogP contribution in [0.2, 0.25) is 0 Å². The van der Waals surface area contributed by atoms with E-state index >= 15 is 0 Å². The van der Waals surface area contributed by atoms with Gasteiger partial charge in [0.15, 0.2) is 5.82 Å². The van der Waals surface area contributed by atoms with Gasteiger partial charge in [-0.2, -0.15) is 23.4 Å². The Labute approximate surface area is 193 Å². The zero-order valence-electron chi connectivity index (χ0n) is 17.9. The normalized spacial score (nSPS) is 14.5. The first kappa shape index (κ1) is 24.6. The number of nitriles is 1. The van der Waals surface area contributed by atoms with Crippen molar-refractivity contribution in [2.24, 2.45) is 5.92 Å². The van der Waals surface area contributed by atoms with Crippen molar-refractivity contribution >= 4 is 35.1 Å². The highest BCUT2D eigenvalue weighted by Gasteiger charge is 2.31. The van der Waals surface area contributed by atoms with Crippen LogP contribution < -0.4 is 16.0 Å². The Bertz CT molecular complexity index is 1040. The second-order valence-corrected chi connectivity index (χ2v) is 8.25. The number of nitrogens with two attached hydrogens (primary N) is 1. The third-order valence-corrected chi connectivity index (χ3v) is 5.83. The molecule has 1 aliphatic heterocycles. The maximum Gasteiger partial charge on any atom is 0.416 e. The molecule has 1 amide bonds. The van der Waals surface area contributed by atoms with Crippen molar-refractivity contribution < 1.29 is 22.7 Å². The summed E-state index contributed by atoms with van der Waals surface area (Å²) in [6.07, 6.45) is -1.31. The molecule has 0 saturated carbocycles. The maximum absolute atomic E-state index is 13.3. The smallest absolute Gasteiger partial charge is 0.381 e. The van der Waals surface area contributed by atoms with Gasteiger partial charge in [-0.3, -0.25) is 4.79 Å². The zero-order chi connectivity index (χ0) is 24.0. The number of halogens is 3. The van der Waals surface area contributed by atoms with E-state index in [9.17, 15) is 23.2 Å². The molecule has 1 aromatic heterocycles. The van der Waals surface area contributed by atoms with E-state index in [-0.39, 0.29) is 35.5 Å². The molecule has 0 aliphatic carbocycles. The topological polar surface area (TPSA) is 117 Å². The van der Waals surface area contributed by atoms with Crippen LogP contribution in [0.4, 0.5) is 30.6 Å². The number of alkyl halides is 3. The van der Waals surface area contributed by atoms with Gasteiger partial charge in [-0.25, -0.2) is 4.98 Å². The molecule has 176 valence electrons. The molecule has 12 heteroatoms. The zero-order valence-corrected chi connectivity index (χ0v) is 18.7. The maximum atomic E-state index is 13.3. The monoisotopic (exact) mass is 480 g/mol. The van der Waals surface area contributed by atoms with Gasteiger partial charge in [-0.1, -0.05) is 6.07 Å². The summed E-state index contributed by atoms with van der Waals surface area (Å²) in [4.78, 5) is 22.4. The van der Waals surface area contributed by atoms with Crippen LogP contribution in [0, 0.1) is 17.2 Å². The van der Waals surface area contributed by atoms with E-state index in [1.807, 2.05) is 6.07 Å². The molecular formula is C21H23F3N6O2S. The molecular weight excluding hydrogens is 457 g/mol. The fourth-order valence-corrected chi connectivity index (χ4v) is 4.05. The van der Waals surface area contributed by atoms with Gasteiger partial charge in [-0.15, -0.1) is 11.8 Å². The van der Waals surface area contributed by atoms with Gasteiger partial charge in [0.05, 0.1) is 12.1 Å². The molecule has 0 unspecified atom stereocenters. The first-order chi connectivity index (χ1) is 15.7. The fourth-order valence-electron chi connectivity index (χ4n) is 3.52. The lowest BCUT2D eigenvalue weighted by molar-refractivity contribution is -0.137. The number of carbonyl (C=O) groups is 1. The van der Waals surface area contributed by atoms with Gasteiger partial charge in [0.1, 0.15) is 16.7 Å². The van der Waals surface area contributed by atoms with E-state index in [0.29, 0.717) is 24.8 Å². The molecule has 0 spiro atoms. The van der Waals surface area contributed by atoms with Crippen molar-refractivity contribution in [3.8, 4) is 6.07 Å². The van der Waals surface area contributed by atoms with E-state index in [2.05, 4.69) is 15.3 Å². The Morgan fingerprint density at radius 3 is 2.73 bits per heavy atom. The molecule has 1 fully saturated rings. The highest BCUT2D eigenvalue weighted by Crippen LogP contribution is 2.32. The van der Waals surface area contributed by atoms with Crippen molar-refractivity contribution in [3.05, 3.63) is 35.4 Å². The number of thioether (sulfide) groups is 1. The molecule has 0 radical (unpaired) electrons. The summed E-state index contributed by atoms with van der Waals surface area (Å²) < 4.78 is 45.1. The van der Waals surface area contributed by atoms with Crippen LogP contribution in [-0.4, -0.2) is 48.4 Å². The summed E-state index contributed by atoms with van der Waals surface area (Å²) in [7, 11) is 0. The van der Waals surface area contributed by atoms with Gasteiger partial charge < -0.3 is 20.7 Å². The number of amides is 1. The van der Waals surface area contributed by atoms with Gasteiger partial charge in [-0.05, 0) is 43.2 Å². The van der Waals surface area contributed by atoms with Crippen LogP contribution in [0.1, 0.15) is 24.0 Å². The number of hydrogen-bond donors (Lipinski definition) is 2. The summed E-state index contributed by atoms with van der Waals surface area (Å²) in [5, 5.41) is 12.3. The van der Waals surface area contributed by atoms with E-state index in [1.54, 1.807) is 11.2 Å². The lowest BCUT2D eigenvalue weighted by Crippen LogP contribution is -2.38. The number of rotatable bonds is 7. The molecule has 0 bridgehead atoms. The second kappa shape index (κ2) is 10.7. The highest BCUT2D eigenvalue weighted by atomic mass is 32.2. The average Bonchev–Trinajstić information content (AvgIpc) is 2.78. The molecule has 0 atom stereocenters. The van der Waals surface area contributed by atoms with E-state index in [1.165, 1.54) is 23.9 Å². The van der Waals surface area contributed by atoms with Crippen molar-refractivity contribution in [2.75, 3.05) is 48.5 Å². The predicted molar refractivity (Wildman–Crippen MR) is 119 cm³/mol. The molecule has 1 saturated heterocycles. The number of anilines is 3. The summed E-state index contributed by atoms with van der Waals surface area (Å²) in [6, 6.07) is 6.83. The minimum absolute atomic E-state index is 0.0330. The third kappa shape index (κ3) is 6.49. The average molecular weight is 481 g/mol. The second-order valence-electron chi connectivity index (χ2n) is 7.46. The summed E-state index contributed by atoms with van der Waals surface area (Å²) in [5.41, 5.74) is 5.23. The highest BCUT2D eigenvalue weighted by molar-refractivity contribution is 7.98. The third-order valence-electron chi connectivity index (χ3n) is 5.15. The van der Waals surface area contributed by atoms with Gasteiger partial charge in [0.2, 0.25) is 11.9 Å². The molecule has 3 rings (SSSR count). The largest absolute Gasteiger partial charge is 0.416 e. The summed E-state index contributed by atoms with van der Waals surface area (Å²) >= 11 is 1.18. The van der Waals surface area contributed by atoms with Crippen LogP contribution in [0.3, 0.4) is 0 Å². The number of ether oxygens (including phenoxy) is 1. The molecule has 3 N–H and O–H groups in total. The van der Waals surface area contributed by atoms with Gasteiger partial charge in [0, 0.05) is 25.4 Å². The van der Waals surface area contributed by atoms with Crippen LogP contribution in [-0.2, 0) is 15.7 Å². The minimum Gasteiger partial charge on any atom is -0.381 e. The molecule has 2 heterocycles. The van der Waals surface area contributed by atoms with E-state index in [0.717, 1.165) is 25.0 Å². The van der Waals surface area contributed by atoms with Crippen molar-refractivity contribution in [1.29, 1.82) is 5.26 Å². The molecule has 1 aliphatic rings. The molecule has 8 nitrogen and oxygen atoms in total. The molecule has 33 heavy (non-hydrogen) atoms. The Morgan fingerprint density at radius 2 is 2.09 bits per heavy atom. The van der Waals surface area contributed by atoms with Crippen molar-refractivity contribution in [2.45, 2.75) is 24.0 Å². The van der Waals surface area contributed by atoms with Crippen LogP contribution in [0.15, 0.2) is 29.3 Å². The number of nitrogen functional groups attached to an aromatic ring is 1. The van der Waals surface area contributed by atoms with Gasteiger partial charge >= 0.3 is 6.18 Å². The first-order valence-corrected chi connectivity index (χ1v) is 11.3. The first-order valence-electron chi connectivity index (χ1n) is 10.1. The van der Waals surface area contributed by atoms with Crippen LogP contribution in [0.25, 0.3) is 0 Å². The minimum atomic E-state index is -4.50. The Morgan fingerprint density at radius 1 is 1.36 bits per heavy atom. The quantitative estimate of drug-likeness (QED) is 0.457. The number of carbonyl (C=O) groups excluding carboxylic acids is 1. The fraction of sp³-hybridized carbons (Fsp3) is 0.429. The lowest BCUT2D eigenvalue weighted by atomic mass is 9.99. The number of nitrogens with zero attached hydrogens (tertiary/aromatic N) is 4. The van der Waals surface area contributed by atoms with E-state index < -0.39 is 17.6 Å². The standard InChI is InChI=1S/C21H23F3N6O2S/c1-33-19-16(10-25)18(28-20(26)29-19)27-17(31)12-30(11-13-5-7-32-8-6-13)15-4-2-3-14(9-15)21(22,23)24/h2-4,9,13H,5-8,11-12H2,1H3,(H3,26,27,28,29,31). The Hall–Kier alpha value is -3.04. The molecule has 2 aromatic rings. The van der Waals surface area contributed by atoms with Crippen molar-refractivity contribution in [3.63, 3.8) is 0 Å². The predicted octanol–water partition coefficient (Wildman–Crippen LogP) is 3.54. The van der Waals surface area contributed by atoms with Gasteiger partial charge in [0.25, 0.3) is 0 Å². The van der Waals surface area contributed by atoms with Crippen molar-refractivity contribution in [1.82, 2.24) is 9.97 Å². The Balaban J connectivity index is 1.85. The molecule has 1 aromatic carbocycles. The number of aromatic nitrogens is 2. The van der Waals surface area contributed by atoms with Crippen LogP contribution in [0.5, 0.6) is 0 Å². The number of hydrogen-bond acceptors (Lipinski definition) is 8. The Kier molecular flexibility index (Phi) is 7.99. The summed E-state index contributed by atoms with van der Waals surface area (Å²) in [5.74, 6) is -0.519. The van der Waals surface area contributed by atoms with E-state index in [4.69, 9.17) is 10.5 Å². The summed E-state index contributed by atoms with van der Waals surface area (Å²) in [6.45, 7) is 1.28. The SMILES string of the molecule is CSc1nc(N)nc(NC(=O)CN(CC2CCOCC2)c2cccc(C(F)(F)F)c2)c1C#N.